The normalized spacial score (nSPS) is 22.8. The Hall–Kier alpha value is -3.17. The number of halogens is 1. The van der Waals surface area contributed by atoms with Crippen LogP contribution in [0.1, 0.15) is 50.5 Å². The lowest BCUT2D eigenvalue weighted by molar-refractivity contribution is -0.140. The van der Waals surface area contributed by atoms with E-state index in [1.807, 2.05) is 11.9 Å². The van der Waals surface area contributed by atoms with Gasteiger partial charge in [-0.3, -0.25) is 4.79 Å². The average molecular weight is 542 g/mol. The summed E-state index contributed by atoms with van der Waals surface area (Å²) >= 11 is 0. The molecule has 2 amide bonds. The first kappa shape index (κ1) is 28.8. The van der Waals surface area contributed by atoms with Gasteiger partial charge in [-0.15, -0.1) is 0 Å². The summed E-state index contributed by atoms with van der Waals surface area (Å²) in [6.07, 6.45) is 3.47. The number of nitrogens with zero attached hydrogens (tertiary/aromatic N) is 1. The Balaban J connectivity index is 1.68. The van der Waals surface area contributed by atoms with Gasteiger partial charge in [-0.2, -0.15) is 0 Å². The van der Waals surface area contributed by atoms with E-state index in [0.29, 0.717) is 54.4 Å². The first-order valence-electron chi connectivity index (χ1n) is 13.9. The maximum absolute atomic E-state index is 15.5. The van der Waals surface area contributed by atoms with Crippen LogP contribution in [0.25, 0.3) is 11.1 Å². The summed E-state index contributed by atoms with van der Waals surface area (Å²) in [5.74, 6) is -0.139. The lowest BCUT2D eigenvalue weighted by Crippen LogP contribution is -2.49. The molecule has 2 aliphatic rings. The van der Waals surface area contributed by atoms with E-state index in [2.05, 4.69) is 10.6 Å². The Morgan fingerprint density at radius 1 is 1.18 bits per heavy atom. The number of ether oxygens (including phenoxy) is 1. The zero-order valence-corrected chi connectivity index (χ0v) is 22.8. The molecule has 212 valence electrons. The van der Waals surface area contributed by atoms with Crippen molar-refractivity contribution < 1.29 is 28.9 Å². The van der Waals surface area contributed by atoms with Gasteiger partial charge in [0.25, 0.3) is 0 Å². The maximum Gasteiger partial charge on any atom is 0.404 e. The fraction of sp³-hybridized carbons (Fsp3) is 0.533. The third-order valence-electron chi connectivity index (χ3n) is 8.45. The van der Waals surface area contributed by atoms with E-state index < -0.39 is 17.5 Å². The summed E-state index contributed by atoms with van der Waals surface area (Å²) in [6, 6.07) is 12.1. The van der Waals surface area contributed by atoms with Crippen LogP contribution in [0.2, 0.25) is 0 Å². The fourth-order valence-corrected chi connectivity index (χ4v) is 6.36. The zero-order valence-electron chi connectivity index (χ0n) is 22.8. The molecule has 1 aliphatic heterocycles. The van der Waals surface area contributed by atoms with Crippen LogP contribution in [0.4, 0.5) is 9.18 Å². The molecule has 2 aromatic carbocycles. The van der Waals surface area contributed by atoms with Crippen molar-refractivity contribution in [2.24, 2.45) is 11.8 Å². The highest BCUT2D eigenvalue weighted by molar-refractivity contribution is 5.79. The number of likely N-dealkylation sites (tertiary alicyclic amines) is 1. The van der Waals surface area contributed by atoms with Crippen LogP contribution in [0.15, 0.2) is 42.5 Å². The second-order valence-corrected chi connectivity index (χ2v) is 10.8. The molecule has 4 N–H and O–H groups in total. The molecule has 0 aromatic heterocycles. The van der Waals surface area contributed by atoms with E-state index in [1.165, 1.54) is 6.07 Å². The molecular formula is C30H40FN3O5. The van der Waals surface area contributed by atoms with Crippen molar-refractivity contribution >= 4 is 12.0 Å². The molecule has 1 saturated carbocycles. The number of carbonyl (C=O) groups excluding carboxylic acids is 1. The Morgan fingerprint density at radius 3 is 2.69 bits per heavy atom. The number of methoxy groups -OCH3 is 1. The number of carboxylic acid groups (broad SMARTS) is 1. The highest BCUT2D eigenvalue weighted by Gasteiger charge is 2.44. The molecule has 1 heterocycles. The number of aliphatic hydroxyl groups is 1. The van der Waals surface area contributed by atoms with Crippen LogP contribution in [-0.2, 0) is 10.4 Å². The average Bonchev–Trinajstić information content (AvgIpc) is 3.44. The van der Waals surface area contributed by atoms with Crippen LogP contribution in [-0.4, -0.2) is 66.9 Å². The molecule has 39 heavy (non-hydrogen) atoms. The molecule has 9 heteroatoms. The van der Waals surface area contributed by atoms with Crippen molar-refractivity contribution in [3.8, 4) is 16.9 Å². The van der Waals surface area contributed by atoms with Gasteiger partial charge < -0.3 is 30.5 Å². The Labute approximate surface area is 229 Å². The van der Waals surface area contributed by atoms with Gasteiger partial charge in [-0.25, -0.2) is 9.18 Å². The molecule has 0 unspecified atom stereocenters. The van der Waals surface area contributed by atoms with E-state index >= 15 is 4.39 Å². The van der Waals surface area contributed by atoms with Crippen molar-refractivity contribution in [3.05, 3.63) is 53.8 Å². The number of hydrogen-bond donors (Lipinski definition) is 4. The Kier molecular flexibility index (Phi) is 9.45. The number of nitrogens with one attached hydrogen (secondary N) is 2. The quantitative estimate of drug-likeness (QED) is 0.333. The van der Waals surface area contributed by atoms with Crippen LogP contribution in [0.3, 0.4) is 0 Å². The minimum absolute atomic E-state index is 0.0319. The monoisotopic (exact) mass is 541 g/mol. The number of hydrogen-bond acceptors (Lipinski definition) is 5. The SMILES string of the molecule is CN[C@H]1CC[C@@H](C(=O)N2CCC[C@@H]([C@@](O)(CCCNC(=O)O)c3cccc(F)c3-c3cccc(OC)c3)C2)C1. The predicted molar refractivity (Wildman–Crippen MR) is 147 cm³/mol. The Bertz CT molecular complexity index is 1160. The minimum Gasteiger partial charge on any atom is -0.497 e. The molecule has 2 fully saturated rings. The molecule has 0 spiro atoms. The lowest BCUT2D eigenvalue weighted by atomic mass is 9.72. The van der Waals surface area contributed by atoms with E-state index in [0.717, 1.165) is 25.7 Å². The molecule has 2 aromatic rings. The highest BCUT2D eigenvalue weighted by atomic mass is 19.1. The minimum atomic E-state index is -1.48. The molecular weight excluding hydrogens is 501 g/mol. The van der Waals surface area contributed by atoms with Gasteiger partial charge in [0.15, 0.2) is 0 Å². The first-order chi connectivity index (χ1) is 18.8. The molecule has 4 atom stereocenters. The predicted octanol–water partition coefficient (Wildman–Crippen LogP) is 4.36. The number of amides is 2. The second-order valence-electron chi connectivity index (χ2n) is 10.8. The summed E-state index contributed by atoms with van der Waals surface area (Å²) in [6.45, 7) is 1.17. The van der Waals surface area contributed by atoms with Gasteiger partial charge in [-0.1, -0.05) is 24.3 Å². The molecule has 1 saturated heterocycles. The smallest absolute Gasteiger partial charge is 0.404 e. The molecule has 0 bridgehead atoms. The van der Waals surface area contributed by atoms with E-state index in [-0.39, 0.29) is 30.7 Å². The fourth-order valence-electron chi connectivity index (χ4n) is 6.36. The molecule has 1 aliphatic carbocycles. The standard InChI is InChI=1S/C30H40FN3O5/c1-32-23-13-12-21(17-23)28(35)34-16-5-8-22(19-34)30(38,14-6-15-33-29(36)37)25-10-4-11-26(31)27(25)20-7-3-9-24(18-20)39-2/h3-4,7,9-11,18,21-23,32-33,38H,5-6,8,12-17,19H2,1-2H3,(H,36,37)/t21-,22-,23+,30+/m1/s1. The summed E-state index contributed by atoms with van der Waals surface area (Å²) in [5, 5.41) is 27.2. The van der Waals surface area contributed by atoms with Crippen molar-refractivity contribution in [1.29, 1.82) is 0 Å². The lowest BCUT2D eigenvalue weighted by Gasteiger charge is -2.44. The summed E-state index contributed by atoms with van der Waals surface area (Å²) in [5.41, 5.74) is -0.164. The van der Waals surface area contributed by atoms with Gasteiger partial charge in [0.05, 0.1) is 12.7 Å². The van der Waals surface area contributed by atoms with Crippen LogP contribution in [0.5, 0.6) is 5.75 Å². The Morgan fingerprint density at radius 2 is 1.97 bits per heavy atom. The van der Waals surface area contributed by atoms with Crippen LogP contribution < -0.4 is 15.4 Å². The van der Waals surface area contributed by atoms with Gasteiger partial charge in [0.2, 0.25) is 5.91 Å². The third-order valence-corrected chi connectivity index (χ3v) is 8.45. The third kappa shape index (κ3) is 6.53. The van der Waals surface area contributed by atoms with Gasteiger partial charge in [-0.05, 0) is 81.3 Å². The second kappa shape index (κ2) is 12.8. The van der Waals surface area contributed by atoms with Crippen LogP contribution >= 0.6 is 0 Å². The van der Waals surface area contributed by atoms with E-state index in [1.54, 1.807) is 43.5 Å². The van der Waals surface area contributed by atoms with Crippen molar-refractivity contribution in [1.82, 2.24) is 15.5 Å². The summed E-state index contributed by atoms with van der Waals surface area (Å²) in [4.78, 5) is 26.4. The number of piperidine rings is 1. The maximum atomic E-state index is 15.5. The van der Waals surface area contributed by atoms with Gasteiger partial charge in [0, 0.05) is 43.1 Å². The topological polar surface area (TPSA) is 111 Å². The first-order valence-corrected chi connectivity index (χ1v) is 13.9. The van der Waals surface area contributed by atoms with Gasteiger partial charge >= 0.3 is 6.09 Å². The van der Waals surface area contributed by atoms with E-state index in [4.69, 9.17) is 9.84 Å². The molecule has 8 nitrogen and oxygen atoms in total. The van der Waals surface area contributed by atoms with Crippen molar-refractivity contribution in [2.75, 3.05) is 33.8 Å². The van der Waals surface area contributed by atoms with E-state index in [9.17, 15) is 14.7 Å². The number of rotatable bonds is 10. The number of benzene rings is 2. The summed E-state index contributed by atoms with van der Waals surface area (Å²) in [7, 11) is 3.47. The van der Waals surface area contributed by atoms with Crippen molar-refractivity contribution in [2.45, 2.75) is 56.6 Å². The number of carbonyl (C=O) groups is 2. The molecule has 4 rings (SSSR count). The highest BCUT2D eigenvalue weighted by Crippen LogP contribution is 2.45. The van der Waals surface area contributed by atoms with Gasteiger partial charge in [0.1, 0.15) is 11.6 Å². The van der Waals surface area contributed by atoms with Crippen molar-refractivity contribution in [3.63, 3.8) is 0 Å². The largest absolute Gasteiger partial charge is 0.497 e. The molecule has 0 radical (unpaired) electrons. The zero-order chi connectivity index (χ0) is 28.0. The van der Waals surface area contributed by atoms with Crippen LogP contribution in [0, 0.1) is 17.7 Å². The summed E-state index contributed by atoms with van der Waals surface area (Å²) < 4.78 is 20.9.